The number of rotatable bonds is 7. The zero-order valence-electron chi connectivity index (χ0n) is 22.4. The lowest BCUT2D eigenvalue weighted by molar-refractivity contribution is -0.172. The van der Waals surface area contributed by atoms with Gasteiger partial charge in [-0.1, -0.05) is 69.0 Å². The van der Waals surface area contributed by atoms with Crippen molar-refractivity contribution in [1.29, 1.82) is 0 Å². The first-order valence-electron chi connectivity index (χ1n) is 13.0. The quantitative estimate of drug-likeness (QED) is 0.276. The maximum Gasteiger partial charge on any atom is 0.390 e. The van der Waals surface area contributed by atoms with Gasteiger partial charge in [0.15, 0.2) is 0 Å². The molecule has 0 aromatic heterocycles. The molecule has 0 radical (unpaired) electrons. The highest BCUT2D eigenvalue weighted by Gasteiger charge is 2.47. The number of hydrogen-bond acceptors (Lipinski definition) is 3. The molecule has 1 saturated carbocycles. The average Bonchev–Trinajstić information content (AvgIpc) is 2.89. The lowest BCUT2D eigenvalue weighted by atomic mass is 9.71. The van der Waals surface area contributed by atoms with Crippen LogP contribution in [0.15, 0.2) is 52.4 Å². The van der Waals surface area contributed by atoms with Crippen LogP contribution in [0.2, 0.25) is 5.02 Å². The molecule has 0 unspecified atom stereocenters. The second-order valence-corrected chi connectivity index (χ2v) is 10.6. The van der Waals surface area contributed by atoms with E-state index >= 15 is 0 Å². The van der Waals surface area contributed by atoms with Crippen molar-refractivity contribution in [1.82, 2.24) is 10.6 Å². The zero-order chi connectivity index (χ0) is 28.6. The third-order valence-electron chi connectivity index (χ3n) is 6.93. The van der Waals surface area contributed by atoms with Crippen molar-refractivity contribution >= 4 is 35.6 Å². The van der Waals surface area contributed by atoms with Crippen LogP contribution in [0.1, 0.15) is 80.5 Å². The molecule has 1 aliphatic carbocycles. The highest BCUT2D eigenvalue weighted by molar-refractivity contribution is 6.34. The summed E-state index contributed by atoms with van der Waals surface area (Å²) in [6, 6.07) is 11.9. The van der Waals surface area contributed by atoms with E-state index in [1.54, 1.807) is 18.2 Å². The molecule has 2 aromatic carbocycles. The van der Waals surface area contributed by atoms with Crippen LogP contribution >= 0.6 is 11.6 Å². The number of hydrogen-bond donors (Lipinski definition) is 2. The molecule has 3 rings (SSSR count). The number of nitrogens with one attached hydrogen (secondary N) is 2. The summed E-state index contributed by atoms with van der Waals surface area (Å²) >= 11 is 6.37. The first-order valence-corrected chi connectivity index (χ1v) is 13.4. The van der Waals surface area contributed by atoms with Gasteiger partial charge in [-0.2, -0.15) is 13.2 Å². The van der Waals surface area contributed by atoms with Crippen LogP contribution in [-0.2, 0) is 11.3 Å². The Hall–Kier alpha value is -3.20. The second-order valence-electron chi connectivity index (χ2n) is 10.2. The third-order valence-corrected chi connectivity index (χ3v) is 7.26. The standard InChI is InChI=1S/C29H34ClF3N4O2/c1-19(2)22-9-7-8-20(14-22)17-36-27(39)37-25(34-3)23-15-21(10-11-24(23)30)16-35-26(38)28(18-29(31,32)33)12-5-4-6-13-28/h7-11,14-15,17,19H,4-6,12-13,16,18H2,1-3H3,(H,35,38)(H,34,37,39). The number of carbonyl (C=O) groups excluding carboxylic acids is 2. The Morgan fingerprint density at radius 2 is 1.82 bits per heavy atom. The summed E-state index contributed by atoms with van der Waals surface area (Å²) in [7, 11) is 1.49. The van der Waals surface area contributed by atoms with Gasteiger partial charge in [0.1, 0.15) is 5.84 Å². The topological polar surface area (TPSA) is 82.9 Å². The van der Waals surface area contributed by atoms with E-state index < -0.39 is 30.0 Å². The van der Waals surface area contributed by atoms with Crippen LogP contribution in [0, 0.1) is 5.41 Å². The first kappa shape index (κ1) is 30.3. The molecule has 0 heterocycles. The van der Waals surface area contributed by atoms with Crippen molar-refractivity contribution in [2.24, 2.45) is 15.4 Å². The van der Waals surface area contributed by atoms with Gasteiger partial charge in [-0.25, -0.2) is 9.79 Å². The summed E-state index contributed by atoms with van der Waals surface area (Å²) in [5.41, 5.74) is 1.47. The molecule has 10 heteroatoms. The Bertz CT molecular complexity index is 1240. The predicted molar refractivity (Wildman–Crippen MR) is 149 cm³/mol. The highest BCUT2D eigenvalue weighted by atomic mass is 35.5. The van der Waals surface area contributed by atoms with Gasteiger partial charge in [0.05, 0.1) is 16.9 Å². The van der Waals surface area contributed by atoms with Crippen LogP contribution in [0.5, 0.6) is 0 Å². The monoisotopic (exact) mass is 562 g/mol. The summed E-state index contributed by atoms with van der Waals surface area (Å²) in [6.45, 7) is 4.16. The van der Waals surface area contributed by atoms with Crippen molar-refractivity contribution < 1.29 is 22.8 Å². The average molecular weight is 563 g/mol. The Labute approximate surface area is 232 Å². The van der Waals surface area contributed by atoms with Crippen LogP contribution in [0.25, 0.3) is 0 Å². The molecule has 0 spiro atoms. The van der Waals surface area contributed by atoms with Crippen LogP contribution in [-0.4, -0.2) is 37.2 Å². The molecule has 6 nitrogen and oxygen atoms in total. The number of benzene rings is 2. The van der Waals surface area contributed by atoms with Crippen LogP contribution < -0.4 is 10.6 Å². The minimum atomic E-state index is -4.42. The molecule has 210 valence electrons. The van der Waals surface area contributed by atoms with Gasteiger partial charge in [0.2, 0.25) is 5.91 Å². The molecule has 2 aromatic rings. The van der Waals surface area contributed by atoms with Gasteiger partial charge >= 0.3 is 12.2 Å². The van der Waals surface area contributed by atoms with E-state index in [1.807, 2.05) is 24.3 Å². The van der Waals surface area contributed by atoms with Crippen molar-refractivity contribution in [3.05, 3.63) is 69.7 Å². The lowest BCUT2D eigenvalue weighted by Gasteiger charge is -2.36. The number of aliphatic imine (C=N–C) groups is 2. The zero-order valence-corrected chi connectivity index (χ0v) is 23.1. The fourth-order valence-corrected chi connectivity index (χ4v) is 5.05. The van der Waals surface area contributed by atoms with E-state index in [2.05, 4.69) is 34.5 Å². The Morgan fingerprint density at radius 3 is 2.46 bits per heavy atom. The van der Waals surface area contributed by atoms with Gasteiger partial charge in [-0.3, -0.25) is 15.1 Å². The molecule has 0 atom stereocenters. The van der Waals surface area contributed by atoms with Crippen LogP contribution in [0.4, 0.5) is 18.0 Å². The third kappa shape index (κ3) is 8.65. The molecule has 1 fully saturated rings. The second kappa shape index (κ2) is 13.2. The summed E-state index contributed by atoms with van der Waals surface area (Å²) < 4.78 is 39.9. The highest BCUT2D eigenvalue weighted by Crippen LogP contribution is 2.44. The van der Waals surface area contributed by atoms with Crippen molar-refractivity contribution in [3.63, 3.8) is 0 Å². The molecule has 0 aliphatic heterocycles. The van der Waals surface area contributed by atoms with Crippen molar-refractivity contribution in [2.45, 2.75) is 71.0 Å². The number of amides is 3. The van der Waals surface area contributed by atoms with Gasteiger partial charge in [-0.15, -0.1) is 0 Å². The largest absolute Gasteiger partial charge is 0.390 e. The van der Waals surface area contributed by atoms with Gasteiger partial charge < -0.3 is 5.32 Å². The number of alkyl halides is 3. The Morgan fingerprint density at radius 1 is 1.10 bits per heavy atom. The molecule has 2 N–H and O–H groups in total. The fraction of sp³-hybridized carbons (Fsp3) is 0.448. The van der Waals surface area contributed by atoms with E-state index in [-0.39, 0.29) is 25.2 Å². The predicted octanol–water partition coefficient (Wildman–Crippen LogP) is 7.19. The number of urea groups is 1. The van der Waals surface area contributed by atoms with E-state index in [0.717, 1.165) is 17.5 Å². The van der Waals surface area contributed by atoms with E-state index in [4.69, 9.17) is 11.6 Å². The molecular weight excluding hydrogens is 529 g/mol. The first-order chi connectivity index (χ1) is 18.4. The van der Waals surface area contributed by atoms with Gasteiger partial charge in [0, 0.05) is 25.4 Å². The van der Waals surface area contributed by atoms with Gasteiger partial charge in [-0.05, 0) is 53.6 Å². The smallest absolute Gasteiger partial charge is 0.352 e. The maximum atomic E-state index is 13.3. The van der Waals surface area contributed by atoms with Gasteiger partial charge in [0.25, 0.3) is 0 Å². The summed E-state index contributed by atoms with van der Waals surface area (Å²) in [5.74, 6) is -0.0836. The summed E-state index contributed by atoms with van der Waals surface area (Å²) in [5, 5.41) is 5.62. The maximum absolute atomic E-state index is 13.3. The lowest BCUT2D eigenvalue weighted by Crippen LogP contribution is -2.44. The van der Waals surface area contributed by atoms with E-state index in [9.17, 15) is 22.8 Å². The fourth-order valence-electron chi connectivity index (χ4n) is 4.84. The number of carbonyl (C=O) groups is 2. The Kier molecular flexibility index (Phi) is 10.3. The van der Waals surface area contributed by atoms with E-state index in [1.165, 1.54) is 13.3 Å². The molecule has 0 bridgehead atoms. The molecular formula is C29H34ClF3N4O2. The minimum absolute atomic E-state index is 0.0118. The Balaban J connectivity index is 1.69. The summed E-state index contributed by atoms with van der Waals surface area (Å²) in [6.07, 6.45) is -1.65. The molecule has 1 aliphatic rings. The molecule has 3 amide bonds. The minimum Gasteiger partial charge on any atom is -0.352 e. The molecule has 0 saturated heterocycles. The SMILES string of the molecule is CN=C(NC(=O)N=Cc1cccc(C(C)C)c1)c1cc(CNC(=O)C2(CC(F)(F)F)CCCCC2)ccc1Cl. The van der Waals surface area contributed by atoms with Crippen molar-refractivity contribution in [3.8, 4) is 0 Å². The van der Waals surface area contributed by atoms with Crippen LogP contribution in [0.3, 0.4) is 0 Å². The molecule has 39 heavy (non-hydrogen) atoms. The van der Waals surface area contributed by atoms with E-state index in [0.29, 0.717) is 34.9 Å². The van der Waals surface area contributed by atoms with Crippen molar-refractivity contribution in [2.75, 3.05) is 7.05 Å². The number of halogens is 4. The number of amidine groups is 1. The normalized spacial score (nSPS) is 15.9. The number of nitrogens with zero attached hydrogens (tertiary/aromatic N) is 2. The summed E-state index contributed by atoms with van der Waals surface area (Å²) in [4.78, 5) is 33.6.